The highest BCUT2D eigenvalue weighted by Crippen LogP contribution is 2.25. The van der Waals surface area contributed by atoms with Gasteiger partial charge in [-0.15, -0.1) is 0 Å². The Hall–Kier alpha value is -2.40. The number of carbonyl (C=O) groups is 1. The van der Waals surface area contributed by atoms with Crippen molar-refractivity contribution in [3.8, 4) is 11.5 Å². The maximum atomic E-state index is 12.4. The first-order chi connectivity index (χ1) is 12.2. The van der Waals surface area contributed by atoms with E-state index in [2.05, 4.69) is 22.5 Å². The fraction of sp³-hybridized carbons (Fsp3) is 0.400. The number of nitrogens with one attached hydrogen (secondary N) is 2. The SMILES string of the molecule is CC(CC(=O)Nc1cccc(Oc2ccncc2)c1)C1CCCNC1. The van der Waals surface area contributed by atoms with Crippen LogP contribution in [0.25, 0.3) is 0 Å². The summed E-state index contributed by atoms with van der Waals surface area (Å²) in [6, 6.07) is 11.1. The Labute approximate surface area is 148 Å². The summed E-state index contributed by atoms with van der Waals surface area (Å²) in [6.45, 7) is 4.28. The molecule has 1 saturated heterocycles. The first-order valence-corrected chi connectivity index (χ1v) is 8.89. The molecule has 1 aromatic carbocycles. The number of ether oxygens (including phenoxy) is 1. The Bertz CT molecular complexity index is 684. The second-order valence-electron chi connectivity index (χ2n) is 6.65. The number of piperidine rings is 1. The van der Waals surface area contributed by atoms with E-state index in [1.165, 1.54) is 12.8 Å². The van der Waals surface area contributed by atoms with Gasteiger partial charge in [0.25, 0.3) is 0 Å². The standard InChI is InChI=1S/C20H25N3O2/c1-15(16-4-3-9-22-14-16)12-20(24)23-17-5-2-6-19(13-17)25-18-7-10-21-11-8-18/h2,5-8,10-11,13,15-16,22H,3-4,9,12,14H2,1H3,(H,23,24). The molecule has 0 saturated carbocycles. The van der Waals surface area contributed by atoms with Gasteiger partial charge in [-0.05, 0) is 62.0 Å². The van der Waals surface area contributed by atoms with E-state index in [4.69, 9.17) is 4.74 Å². The lowest BCUT2D eigenvalue weighted by atomic mass is 9.85. The molecule has 1 aliphatic rings. The Balaban J connectivity index is 1.55. The van der Waals surface area contributed by atoms with Crippen molar-refractivity contribution in [1.82, 2.24) is 10.3 Å². The zero-order valence-electron chi connectivity index (χ0n) is 14.6. The summed E-state index contributed by atoms with van der Waals surface area (Å²) < 4.78 is 5.78. The summed E-state index contributed by atoms with van der Waals surface area (Å²) >= 11 is 0. The van der Waals surface area contributed by atoms with Crippen LogP contribution in [0.15, 0.2) is 48.8 Å². The molecule has 25 heavy (non-hydrogen) atoms. The second kappa shape index (κ2) is 8.62. The maximum Gasteiger partial charge on any atom is 0.224 e. The molecule has 2 aromatic rings. The van der Waals surface area contributed by atoms with Crippen LogP contribution >= 0.6 is 0 Å². The molecule has 1 fully saturated rings. The quantitative estimate of drug-likeness (QED) is 0.839. The van der Waals surface area contributed by atoms with Crippen LogP contribution in [0.2, 0.25) is 0 Å². The van der Waals surface area contributed by atoms with Crippen molar-refractivity contribution in [3.05, 3.63) is 48.8 Å². The fourth-order valence-corrected chi connectivity index (χ4v) is 3.22. The lowest BCUT2D eigenvalue weighted by Gasteiger charge is -2.28. The van der Waals surface area contributed by atoms with E-state index in [-0.39, 0.29) is 5.91 Å². The van der Waals surface area contributed by atoms with Gasteiger partial charge in [0.2, 0.25) is 5.91 Å². The average molecular weight is 339 g/mol. The van der Waals surface area contributed by atoms with Gasteiger partial charge in [0, 0.05) is 30.6 Å². The normalized spacial score (nSPS) is 18.4. The minimum atomic E-state index is 0.0548. The van der Waals surface area contributed by atoms with Crippen molar-refractivity contribution in [2.75, 3.05) is 18.4 Å². The number of aromatic nitrogens is 1. The van der Waals surface area contributed by atoms with Crippen molar-refractivity contribution in [2.45, 2.75) is 26.2 Å². The number of anilines is 1. The first kappa shape index (κ1) is 17.4. The van der Waals surface area contributed by atoms with Crippen LogP contribution < -0.4 is 15.4 Å². The molecule has 2 atom stereocenters. The smallest absolute Gasteiger partial charge is 0.224 e. The molecule has 3 rings (SSSR count). The molecule has 2 unspecified atom stereocenters. The van der Waals surface area contributed by atoms with Crippen LogP contribution in [0.3, 0.4) is 0 Å². The van der Waals surface area contributed by atoms with Crippen LogP contribution in [0.4, 0.5) is 5.69 Å². The summed E-state index contributed by atoms with van der Waals surface area (Å²) in [7, 11) is 0. The number of hydrogen-bond donors (Lipinski definition) is 2. The monoisotopic (exact) mass is 339 g/mol. The van der Waals surface area contributed by atoms with Crippen molar-refractivity contribution >= 4 is 11.6 Å². The molecule has 2 heterocycles. The molecule has 1 amide bonds. The van der Waals surface area contributed by atoms with Gasteiger partial charge in [-0.1, -0.05) is 13.0 Å². The van der Waals surface area contributed by atoms with Crippen LogP contribution in [0.5, 0.6) is 11.5 Å². The highest BCUT2D eigenvalue weighted by molar-refractivity contribution is 5.91. The zero-order chi connectivity index (χ0) is 17.5. The number of pyridine rings is 1. The van der Waals surface area contributed by atoms with E-state index in [1.807, 2.05) is 24.3 Å². The number of amides is 1. The lowest BCUT2D eigenvalue weighted by Crippen LogP contribution is -2.34. The maximum absolute atomic E-state index is 12.4. The van der Waals surface area contributed by atoms with E-state index in [9.17, 15) is 4.79 Å². The number of rotatable bonds is 6. The minimum Gasteiger partial charge on any atom is -0.457 e. The van der Waals surface area contributed by atoms with Crippen LogP contribution in [0.1, 0.15) is 26.2 Å². The predicted molar refractivity (Wildman–Crippen MR) is 98.8 cm³/mol. The third-order valence-electron chi connectivity index (χ3n) is 4.65. The highest BCUT2D eigenvalue weighted by Gasteiger charge is 2.22. The molecule has 132 valence electrons. The van der Waals surface area contributed by atoms with Gasteiger partial charge < -0.3 is 15.4 Å². The molecule has 2 N–H and O–H groups in total. The first-order valence-electron chi connectivity index (χ1n) is 8.89. The van der Waals surface area contributed by atoms with Gasteiger partial charge in [-0.2, -0.15) is 0 Å². The molecule has 5 nitrogen and oxygen atoms in total. The van der Waals surface area contributed by atoms with E-state index < -0.39 is 0 Å². The van der Waals surface area contributed by atoms with Gasteiger partial charge >= 0.3 is 0 Å². The van der Waals surface area contributed by atoms with Crippen LogP contribution in [0, 0.1) is 11.8 Å². The van der Waals surface area contributed by atoms with Gasteiger partial charge in [0.05, 0.1) is 0 Å². The zero-order valence-corrected chi connectivity index (χ0v) is 14.6. The lowest BCUT2D eigenvalue weighted by molar-refractivity contribution is -0.117. The molecule has 0 aliphatic carbocycles. The van der Waals surface area contributed by atoms with E-state index in [0.29, 0.717) is 24.0 Å². The summed E-state index contributed by atoms with van der Waals surface area (Å²) in [4.78, 5) is 16.3. The van der Waals surface area contributed by atoms with E-state index in [1.54, 1.807) is 24.5 Å². The van der Waals surface area contributed by atoms with Gasteiger partial charge in [0.1, 0.15) is 11.5 Å². The summed E-state index contributed by atoms with van der Waals surface area (Å²) in [5.41, 5.74) is 0.755. The van der Waals surface area contributed by atoms with Gasteiger partial charge in [0.15, 0.2) is 0 Å². The Morgan fingerprint density at radius 2 is 2.16 bits per heavy atom. The highest BCUT2D eigenvalue weighted by atomic mass is 16.5. The number of benzene rings is 1. The number of hydrogen-bond acceptors (Lipinski definition) is 4. The molecule has 0 spiro atoms. The van der Waals surface area contributed by atoms with E-state index in [0.717, 1.165) is 24.5 Å². The number of nitrogens with zero attached hydrogens (tertiary/aromatic N) is 1. The third-order valence-corrected chi connectivity index (χ3v) is 4.65. The molecular formula is C20H25N3O2. The van der Waals surface area contributed by atoms with Gasteiger partial charge in [-0.25, -0.2) is 0 Å². The summed E-state index contributed by atoms with van der Waals surface area (Å²) in [6.07, 6.45) is 6.31. The Morgan fingerprint density at radius 1 is 1.32 bits per heavy atom. The molecule has 5 heteroatoms. The molecular weight excluding hydrogens is 314 g/mol. The fourth-order valence-electron chi connectivity index (χ4n) is 3.22. The van der Waals surface area contributed by atoms with E-state index >= 15 is 0 Å². The number of carbonyl (C=O) groups excluding carboxylic acids is 1. The van der Waals surface area contributed by atoms with Crippen molar-refractivity contribution in [1.29, 1.82) is 0 Å². The van der Waals surface area contributed by atoms with Crippen molar-refractivity contribution in [2.24, 2.45) is 11.8 Å². The Morgan fingerprint density at radius 3 is 2.92 bits per heavy atom. The Kier molecular flexibility index (Phi) is 6.01. The summed E-state index contributed by atoms with van der Waals surface area (Å²) in [5.74, 6) is 2.43. The van der Waals surface area contributed by atoms with Crippen molar-refractivity contribution < 1.29 is 9.53 Å². The average Bonchev–Trinajstić information content (AvgIpc) is 2.63. The molecule has 1 aromatic heterocycles. The van der Waals surface area contributed by atoms with Gasteiger partial charge in [-0.3, -0.25) is 9.78 Å². The topological polar surface area (TPSA) is 63.2 Å². The van der Waals surface area contributed by atoms with Crippen LogP contribution in [-0.2, 0) is 4.79 Å². The summed E-state index contributed by atoms with van der Waals surface area (Å²) in [5, 5.41) is 6.40. The predicted octanol–water partition coefficient (Wildman–Crippen LogP) is 3.84. The minimum absolute atomic E-state index is 0.0548. The molecule has 0 radical (unpaired) electrons. The third kappa shape index (κ3) is 5.29. The van der Waals surface area contributed by atoms with Crippen molar-refractivity contribution in [3.63, 3.8) is 0 Å². The van der Waals surface area contributed by atoms with Crippen LogP contribution in [-0.4, -0.2) is 24.0 Å². The molecule has 1 aliphatic heterocycles. The largest absolute Gasteiger partial charge is 0.457 e. The second-order valence-corrected chi connectivity index (χ2v) is 6.65. The molecule has 0 bridgehead atoms.